The van der Waals surface area contributed by atoms with Crippen molar-refractivity contribution in [2.75, 3.05) is 6.54 Å². The van der Waals surface area contributed by atoms with Gasteiger partial charge in [-0.25, -0.2) is 9.59 Å². The molecule has 42 heavy (non-hydrogen) atoms. The number of hydrogen-bond donors (Lipinski definition) is 3. The summed E-state index contributed by atoms with van der Waals surface area (Å²) < 4.78 is 10.8. The van der Waals surface area contributed by atoms with Gasteiger partial charge in [0.05, 0.1) is 0 Å². The van der Waals surface area contributed by atoms with Crippen LogP contribution in [0, 0.1) is 40.4 Å². The Balaban J connectivity index is 1.35. The van der Waals surface area contributed by atoms with Crippen LogP contribution in [0.25, 0.3) is 0 Å². The van der Waals surface area contributed by atoms with Crippen molar-refractivity contribution >= 4 is 23.9 Å². The smallest absolute Gasteiger partial charge is 0.408 e. The molecule has 3 fully saturated rings. The van der Waals surface area contributed by atoms with Crippen molar-refractivity contribution in [3.63, 3.8) is 0 Å². The van der Waals surface area contributed by atoms with Crippen LogP contribution in [0.15, 0.2) is 11.6 Å². The van der Waals surface area contributed by atoms with Crippen molar-refractivity contribution in [3.8, 4) is 0 Å². The molecule has 0 radical (unpaired) electrons. The van der Waals surface area contributed by atoms with Gasteiger partial charge in [-0.05, 0) is 107 Å². The Bertz CT molecular complexity index is 1100. The summed E-state index contributed by atoms with van der Waals surface area (Å²) in [5.74, 6) is 0.503. The molecule has 0 aromatic carbocycles. The number of aliphatic carboxylic acids is 1. The summed E-state index contributed by atoms with van der Waals surface area (Å²) in [4.78, 5) is 48.6. The molecule has 9 heteroatoms. The Morgan fingerprint density at radius 2 is 1.79 bits per heavy atom. The third-order valence-corrected chi connectivity index (χ3v) is 11.2. The van der Waals surface area contributed by atoms with Crippen molar-refractivity contribution in [1.82, 2.24) is 10.6 Å². The minimum absolute atomic E-state index is 0.00123. The molecule has 236 valence electrons. The summed E-state index contributed by atoms with van der Waals surface area (Å²) in [5.41, 5.74) is 1.00. The quantitative estimate of drug-likeness (QED) is 0.248. The van der Waals surface area contributed by atoms with Crippen LogP contribution in [0.4, 0.5) is 4.79 Å². The topological polar surface area (TPSA) is 131 Å². The van der Waals surface area contributed by atoms with E-state index in [1.807, 2.05) is 6.92 Å². The van der Waals surface area contributed by atoms with Gasteiger partial charge in [0.2, 0.25) is 5.91 Å². The molecule has 4 aliphatic carbocycles. The number of carboxylic acid groups (broad SMARTS) is 1. The standard InChI is InChI=1S/C33H52N2O7/c1-19(28(37)34-17-14-27(29(38)39)35-30(40)42-31(3,4)5)24-10-11-25-23-9-8-21-18-22(41-20(2)36)12-15-32(21,6)26(23)13-16-33(24,25)7/h8,19,22-27H,9-18H2,1-7H3,(H,34,37)(H,35,40)(H,38,39)/t19-,22-,23-,24+,25-,26-,27-,32-,33+/m0/s1. The van der Waals surface area contributed by atoms with Gasteiger partial charge in [0.15, 0.2) is 0 Å². The Morgan fingerprint density at radius 3 is 2.43 bits per heavy atom. The lowest BCUT2D eigenvalue weighted by Gasteiger charge is -2.58. The van der Waals surface area contributed by atoms with Crippen molar-refractivity contribution in [1.29, 1.82) is 0 Å². The predicted molar refractivity (Wildman–Crippen MR) is 158 cm³/mol. The van der Waals surface area contributed by atoms with Crippen molar-refractivity contribution in [2.24, 2.45) is 40.4 Å². The molecule has 9 nitrogen and oxygen atoms in total. The third-order valence-electron chi connectivity index (χ3n) is 11.2. The highest BCUT2D eigenvalue weighted by Crippen LogP contribution is 2.67. The zero-order chi connectivity index (χ0) is 31.0. The number of carbonyl (C=O) groups is 4. The largest absolute Gasteiger partial charge is 0.480 e. The van der Waals surface area contributed by atoms with Crippen LogP contribution in [-0.4, -0.2) is 53.3 Å². The molecule has 4 aliphatic rings. The van der Waals surface area contributed by atoms with Crippen LogP contribution in [0.1, 0.15) is 106 Å². The second kappa shape index (κ2) is 12.2. The highest BCUT2D eigenvalue weighted by molar-refractivity contribution is 5.81. The highest BCUT2D eigenvalue weighted by Gasteiger charge is 2.59. The van der Waals surface area contributed by atoms with E-state index in [0.29, 0.717) is 17.8 Å². The van der Waals surface area contributed by atoms with E-state index in [1.165, 1.54) is 12.5 Å². The van der Waals surface area contributed by atoms with Crippen LogP contribution in [-0.2, 0) is 23.9 Å². The van der Waals surface area contributed by atoms with E-state index in [2.05, 4.69) is 30.6 Å². The number of ether oxygens (including phenoxy) is 2. The number of allylic oxidation sites excluding steroid dienone is 1. The number of amides is 2. The fourth-order valence-electron chi connectivity index (χ4n) is 9.22. The zero-order valence-corrected chi connectivity index (χ0v) is 26.6. The second-order valence-corrected chi connectivity index (χ2v) is 14.9. The van der Waals surface area contributed by atoms with E-state index in [1.54, 1.807) is 20.8 Å². The lowest BCUT2D eigenvalue weighted by molar-refractivity contribution is -0.148. The van der Waals surface area contributed by atoms with Crippen LogP contribution >= 0.6 is 0 Å². The Morgan fingerprint density at radius 1 is 1.07 bits per heavy atom. The molecule has 0 saturated heterocycles. The normalized spacial score (nSPS) is 35.3. The zero-order valence-electron chi connectivity index (χ0n) is 26.6. The van der Waals surface area contributed by atoms with Gasteiger partial charge in [0.25, 0.3) is 0 Å². The fourth-order valence-corrected chi connectivity index (χ4v) is 9.22. The van der Waals surface area contributed by atoms with E-state index in [9.17, 15) is 24.3 Å². The molecular formula is C33H52N2O7. The molecule has 3 N–H and O–H groups in total. The van der Waals surface area contributed by atoms with Crippen molar-refractivity contribution in [3.05, 3.63) is 11.6 Å². The maximum Gasteiger partial charge on any atom is 0.408 e. The highest BCUT2D eigenvalue weighted by atomic mass is 16.6. The number of alkyl carbamates (subject to hydrolysis) is 1. The molecular weight excluding hydrogens is 536 g/mol. The van der Waals surface area contributed by atoms with Gasteiger partial charge in [0, 0.05) is 25.8 Å². The predicted octanol–water partition coefficient (Wildman–Crippen LogP) is 5.62. The number of fused-ring (bicyclic) bond motifs is 5. The summed E-state index contributed by atoms with van der Waals surface area (Å²) >= 11 is 0. The van der Waals surface area contributed by atoms with Crippen LogP contribution in [0.5, 0.6) is 0 Å². The maximum atomic E-state index is 13.3. The van der Waals surface area contributed by atoms with E-state index in [0.717, 1.165) is 51.4 Å². The first kappa shape index (κ1) is 32.3. The number of esters is 1. The Kier molecular flexibility index (Phi) is 9.39. The molecule has 9 atom stereocenters. The maximum absolute atomic E-state index is 13.3. The monoisotopic (exact) mass is 588 g/mol. The van der Waals surface area contributed by atoms with Crippen LogP contribution < -0.4 is 10.6 Å². The van der Waals surface area contributed by atoms with Gasteiger partial charge < -0.3 is 25.2 Å². The van der Waals surface area contributed by atoms with Crippen molar-refractivity contribution in [2.45, 2.75) is 124 Å². The average molecular weight is 589 g/mol. The molecule has 0 spiro atoms. The first-order chi connectivity index (χ1) is 19.5. The summed E-state index contributed by atoms with van der Waals surface area (Å²) in [6, 6.07) is -1.14. The van der Waals surface area contributed by atoms with E-state index >= 15 is 0 Å². The summed E-state index contributed by atoms with van der Waals surface area (Å²) in [7, 11) is 0. The number of carboxylic acids is 1. The third kappa shape index (κ3) is 6.65. The molecule has 0 aromatic heterocycles. The lowest BCUT2D eigenvalue weighted by Crippen LogP contribution is -2.51. The number of hydrogen-bond acceptors (Lipinski definition) is 6. The fraction of sp³-hybridized carbons (Fsp3) is 0.818. The van der Waals surface area contributed by atoms with Gasteiger partial charge in [-0.1, -0.05) is 32.4 Å². The molecule has 0 aromatic rings. The molecule has 4 rings (SSSR count). The van der Waals surface area contributed by atoms with E-state index in [-0.39, 0.29) is 53.6 Å². The van der Waals surface area contributed by atoms with Gasteiger partial charge in [0.1, 0.15) is 17.7 Å². The first-order valence-electron chi connectivity index (χ1n) is 15.9. The van der Waals surface area contributed by atoms with Gasteiger partial charge in [-0.2, -0.15) is 0 Å². The molecule has 2 amide bonds. The van der Waals surface area contributed by atoms with E-state index in [4.69, 9.17) is 9.47 Å². The minimum Gasteiger partial charge on any atom is -0.480 e. The van der Waals surface area contributed by atoms with Crippen molar-refractivity contribution < 1.29 is 33.8 Å². The number of rotatable bonds is 8. The first-order valence-corrected chi connectivity index (χ1v) is 15.9. The number of carbonyl (C=O) groups excluding carboxylic acids is 3. The van der Waals surface area contributed by atoms with Crippen LogP contribution in [0.2, 0.25) is 0 Å². The van der Waals surface area contributed by atoms with Gasteiger partial charge in [-0.3, -0.25) is 9.59 Å². The van der Waals surface area contributed by atoms with Gasteiger partial charge >= 0.3 is 18.0 Å². The molecule has 0 unspecified atom stereocenters. The molecule has 0 aliphatic heterocycles. The Hall–Kier alpha value is -2.58. The SMILES string of the molecule is CC(=O)O[C@H]1CC[C@@]2(C)C(=CC[C@H]3[C@@H]4CC[C@H]([C@H](C)C(=O)NCC[C@H](NC(=O)OC(C)(C)C)C(=O)O)[C@@]4(C)CC[C@@H]32)C1. The van der Waals surface area contributed by atoms with Gasteiger partial charge in [-0.15, -0.1) is 0 Å². The number of nitrogens with one attached hydrogen (secondary N) is 2. The minimum atomic E-state index is -1.16. The summed E-state index contributed by atoms with van der Waals surface area (Å²) in [6.07, 6.45) is 10.1. The average Bonchev–Trinajstić information content (AvgIpc) is 3.23. The summed E-state index contributed by atoms with van der Waals surface area (Å²) in [6.45, 7) is 13.7. The van der Waals surface area contributed by atoms with E-state index < -0.39 is 23.7 Å². The second-order valence-electron chi connectivity index (χ2n) is 14.9. The molecule has 0 bridgehead atoms. The van der Waals surface area contributed by atoms with Crippen LogP contribution in [0.3, 0.4) is 0 Å². The lowest BCUT2D eigenvalue weighted by atomic mass is 9.47. The Labute approximate surface area is 250 Å². The summed E-state index contributed by atoms with van der Waals surface area (Å²) in [5, 5.41) is 14.9. The molecule has 0 heterocycles. The molecule has 3 saturated carbocycles.